The number of hydrogen-bond acceptors (Lipinski definition) is 1. The van der Waals surface area contributed by atoms with Crippen molar-refractivity contribution >= 4 is 16.5 Å². The lowest BCUT2D eigenvalue weighted by Crippen LogP contribution is -1.94. The Kier molecular flexibility index (Phi) is 1.05. The maximum absolute atomic E-state index is 4.02. The summed E-state index contributed by atoms with van der Waals surface area (Å²) in [5, 5.41) is 0. The Hall–Kier alpha value is -0.113. The molecule has 2 heteroatoms. The van der Waals surface area contributed by atoms with Crippen molar-refractivity contribution in [2.75, 3.05) is 0 Å². The highest BCUT2D eigenvalue weighted by Gasteiger charge is 2.00. The molecule has 1 aliphatic rings. The van der Waals surface area contributed by atoms with Gasteiger partial charge in [0.05, 0.1) is 10.2 Å². The summed E-state index contributed by atoms with van der Waals surface area (Å²) in [5.74, 6) is 0. The van der Waals surface area contributed by atoms with Crippen molar-refractivity contribution < 1.29 is 0 Å². The molecule has 0 aromatic rings. The van der Waals surface area contributed by atoms with Gasteiger partial charge in [-0.3, -0.25) is 4.99 Å². The second-order valence-corrected chi connectivity index (χ2v) is 2.09. The molecule has 3 radical (unpaired) electrons. The first-order valence-electron chi connectivity index (χ1n) is 2.12. The van der Waals surface area contributed by atoms with Crippen LogP contribution in [0.5, 0.6) is 0 Å². The molecule has 1 atom stereocenters. The lowest BCUT2D eigenvalue weighted by molar-refractivity contribution is 0.880. The van der Waals surface area contributed by atoms with Crippen LogP contribution in [-0.2, 0) is 0 Å². The molecule has 0 N–H and O–H groups in total. The predicted octanol–water partition coefficient (Wildman–Crippen LogP) is 0.346. The van der Waals surface area contributed by atoms with E-state index in [-0.39, 0.29) is 0 Å². The number of rotatable bonds is 0. The Labute approximate surface area is 40.9 Å². The number of hydrogen-bond donors (Lipinski definition) is 0. The van der Waals surface area contributed by atoms with Gasteiger partial charge in [0.1, 0.15) is 0 Å². The van der Waals surface area contributed by atoms with Crippen LogP contribution < -0.4 is 0 Å². The van der Waals surface area contributed by atoms with Crippen LogP contribution in [0.4, 0.5) is 0 Å². The first-order valence-corrected chi connectivity index (χ1v) is 2.70. The number of aliphatic imine (C=N–C) groups is 1. The van der Waals surface area contributed by atoms with Gasteiger partial charge in [-0.15, -0.1) is 0 Å². The van der Waals surface area contributed by atoms with E-state index in [4.69, 9.17) is 0 Å². The highest BCUT2D eigenvalue weighted by Crippen LogP contribution is 2.01. The van der Waals surface area contributed by atoms with Crippen LogP contribution in [0.2, 0.25) is 0 Å². The van der Waals surface area contributed by atoms with Crippen LogP contribution in [0.25, 0.3) is 0 Å². The zero-order valence-corrected chi connectivity index (χ0v) is 4.52. The van der Waals surface area contributed by atoms with Gasteiger partial charge in [0.2, 0.25) is 0 Å². The monoisotopic (exact) mass is 96.0 g/mol. The number of nitrogens with zero attached hydrogens (tertiary/aromatic N) is 1. The molecule has 0 fully saturated rings. The summed E-state index contributed by atoms with van der Waals surface area (Å²) in [6, 6.07) is 0. The van der Waals surface area contributed by atoms with Crippen LogP contribution in [0, 0.1) is 0 Å². The van der Waals surface area contributed by atoms with Gasteiger partial charge in [0, 0.05) is 5.67 Å². The molecule has 6 heavy (non-hydrogen) atoms. The maximum atomic E-state index is 4.02. The lowest BCUT2D eigenvalue weighted by atomic mass is 10.4. The van der Waals surface area contributed by atoms with E-state index < -0.39 is 0 Å². The van der Waals surface area contributed by atoms with Crippen LogP contribution in [0.1, 0.15) is 12.8 Å². The van der Waals surface area contributed by atoms with Gasteiger partial charge in [-0.25, -0.2) is 0 Å². The van der Waals surface area contributed by atoms with Crippen molar-refractivity contribution in [2.24, 2.45) is 4.99 Å². The molecular formula is C4H6NSi. The minimum absolute atomic E-state index is 0.421. The van der Waals surface area contributed by atoms with E-state index in [0.29, 0.717) is 5.67 Å². The first-order chi connectivity index (χ1) is 2.89. The third kappa shape index (κ3) is 0.683. The Bertz CT molecular complexity index is 69.9. The van der Waals surface area contributed by atoms with E-state index in [1.54, 1.807) is 0 Å². The molecule has 0 spiro atoms. The smallest absolute Gasteiger partial charge is 0.0590 e. The standard InChI is InChI=1S/C4H6NSi/c6-4-2-1-3-5-4/h3-4H,1-2H2. The molecule has 0 aromatic carbocycles. The van der Waals surface area contributed by atoms with Gasteiger partial charge in [-0.2, -0.15) is 0 Å². The molecule has 0 aromatic heterocycles. The molecule has 1 unspecified atom stereocenters. The fraction of sp³-hybridized carbons (Fsp3) is 0.750. The summed E-state index contributed by atoms with van der Waals surface area (Å²) in [4.78, 5) is 4.02. The summed E-state index contributed by atoms with van der Waals surface area (Å²) >= 11 is 0. The molecule has 1 heterocycles. The first kappa shape index (κ1) is 4.06. The highest BCUT2D eigenvalue weighted by molar-refractivity contribution is 6.12. The summed E-state index contributed by atoms with van der Waals surface area (Å²) < 4.78 is 0. The molecule has 1 nitrogen and oxygen atoms in total. The van der Waals surface area contributed by atoms with E-state index in [9.17, 15) is 0 Å². The summed E-state index contributed by atoms with van der Waals surface area (Å²) in [5.41, 5.74) is 0.421. The molecule has 31 valence electrons. The molecule has 1 aliphatic heterocycles. The third-order valence-electron chi connectivity index (χ3n) is 0.855. The van der Waals surface area contributed by atoms with Crippen molar-refractivity contribution in [3.8, 4) is 0 Å². The van der Waals surface area contributed by atoms with Gasteiger partial charge in [0.25, 0.3) is 0 Å². The zero-order chi connectivity index (χ0) is 4.41. The second kappa shape index (κ2) is 1.56. The van der Waals surface area contributed by atoms with Gasteiger partial charge in [-0.05, 0) is 19.1 Å². The maximum Gasteiger partial charge on any atom is 0.0590 e. The minimum Gasteiger partial charge on any atom is -0.298 e. The second-order valence-electron chi connectivity index (χ2n) is 1.42. The lowest BCUT2D eigenvalue weighted by Gasteiger charge is -1.88. The minimum atomic E-state index is 0.421. The summed E-state index contributed by atoms with van der Waals surface area (Å²) in [6.45, 7) is 0. The fourth-order valence-electron chi connectivity index (χ4n) is 0.509. The Morgan fingerprint density at radius 3 is 2.83 bits per heavy atom. The Morgan fingerprint density at radius 1 is 1.83 bits per heavy atom. The van der Waals surface area contributed by atoms with Crippen molar-refractivity contribution in [3.63, 3.8) is 0 Å². The molecule has 0 saturated heterocycles. The van der Waals surface area contributed by atoms with E-state index in [1.807, 2.05) is 6.21 Å². The zero-order valence-electron chi connectivity index (χ0n) is 3.52. The molecular weight excluding hydrogens is 90.1 g/mol. The SMILES string of the molecule is [Si]C1CCC=N1. The third-order valence-corrected chi connectivity index (χ3v) is 1.29. The van der Waals surface area contributed by atoms with Crippen LogP contribution in [0.15, 0.2) is 4.99 Å². The quantitative estimate of drug-likeness (QED) is 0.386. The van der Waals surface area contributed by atoms with E-state index in [1.165, 1.54) is 6.42 Å². The van der Waals surface area contributed by atoms with Crippen LogP contribution in [-0.4, -0.2) is 22.1 Å². The van der Waals surface area contributed by atoms with Crippen LogP contribution in [0.3, 0.4) is 0 Å². The molecule has 0 saturated carbocycles. The van der Waals surface area contributed by atoms with Gasteiger partial charge in [0.15, 0.2) is 0 Å². The van der Waals surface area contributed by atoms with E-state index in [0.717, 1.165) is 6.42 Å². The van der Waals surface area contributed by atoms with Crippen LogP contribution >= 0.6 is 0 Å². The van der Waals surface area contributed by atoms with Gasteiger partial charge < -0.3 is 0 Å². The van der Waals surface area contributed by atoms with Crippen molar-refractivity contribution in [2.45, 2.75) is 18.5 Å². The highest BCUT2D eigenvalue weighted by atomic mass is 28.1. The van der Waals surface area contributed by atoms with E-state index >= 15 is 0 Å². The van der Waals surface area contributed by atoms with Gasteiger partial charge >= 0.3 is 0 Å². The average Bonchev–Trinajstić information content (AvgIpc) is 1.86. The Morgan fingerprint density at radius 2 is 2.67 bits per heavy atom. The molecule has 0 amide bonds. The summed E-state index contributed by atoms with van der Waals surface area (Å²) in [6.07, 6.45) is 4.28. The van der Waals surface area contributed by atoms with Crippen molar-refractivity contribution in [1.82, 2.24) is 0 Å². The normalized spacial score (nSPS) is 31.8. The topological polar surface area (TPSA) is 12.4 Å². The largest absolute Gasteiger partial charge is 0.298 e. The summed E-state index contributed by atoms with van der Waals surface area (Å²) in [7, 11) is 3.38. The molecule has 1 rings (SSSR count). The van der Waals surface area contributed by atoms with E-state index in [2.05, 4.69) is 15.2 Å². The fourth-order valence-corrected chi connectivity index (χ4v) is 0.781. The van der Waals surface area contributed by atoms with Crippen molar-refractivity contribution in [3.05, 3.63) is 0 Å². The molecule has 0 aliphatic carbocycles. The average molecular weight is 96.2 g/mol. The Balaban J connectivity index is 2.38. The van der Waals surface area contributed by atoms with Gasteiger partial charge in [-0.1, -0.05) is 0 Å². The molecule has 0 bridgehead atoms. The van der Waals surface area contributed by atoms with Crippen molar-refractivity contribution in [1.29, 1.82) is 0 Å². The predicted molar refractivity (Wildman–Crippen MR) is 27.3 cm³/mol.